The van der Waals surface area contributed by atoms with Crippen molar-refractivity contribution in [2.24, 2.45) is 0 Å². The molecule has 1 N–H and O–H groups in total. The van der Waals surface area contributed by atoms with Crippen LogP contribution in [0.15, 0.2) is 140 Å². The van der Waals surface area contributed by atoms with Gasteiger partial charge in [0.2, 0.25) is 0 Å². The summed E-state index contributed by atoms with van der Waals surface area (Å²) in [5.41, 5.74) is 3.07. The van der Waals surface area contributed by atoms with Gasteiger partial charge in [-0.25, -0.2) is 0 Å². The first-order valence-corrected chi connectivity index (χ1v) is 14.3. The summed E-state index contributed by atoms with van der Waals surface area (Å²) in [5.74, 6) is 0.451. The van der Waals surface area contributed by atoms with Crippen molar-refractivity contribution in [3.63, 3.8) is 0 Å². The monoisotopic (exact) mass is 565 g/mol. The summed E-state index contributed by atoms with van der Waals surface area (Å²) >= 11 is 0. The summed E-state index contributed by atoms with van der Waals surface area (Å²) in [4.78, 5) is 0. The van der Waals surface area contributed by atoms with E-state index in [4.69, 9.17) is 0 Å². The Kier molecular flexibility index (Phi) is 13.1. The maximum atomic E-state index is 11.0. The molecule has 5 rings (SSSR count). The van der Waals surface area contributed by atoms with Gasteiger partial charge in [-0.1, -0.05) is 81.4 Å². The van der Waals surface area contributed by atoms with Gasteiger partial charge in [0, 0.05) is 5.56 Å². The number of phenolic OH excluding ortho intramolecular Hbond substituents is 1. The topological polar surface area (TPSA) is 20.2 Å². The third kappa shape index (κ3) is 10.1. The number of benzene rings is 5. The Morgan fingerprint density at radius 2 is 0.872 bits per heavy atom. The fourth-order valence-electron chi connectivity index (χ4n) is 3.99. The van der Waals surface area contributed by atoms with Crippen LogP contribution < -0.4 is 15.9 Å². The molecule has 5 aromatic rings. The van der Waals surface area contributed by atoms with Crippen LogP contribution in [0.5, 0.6) is 5.75 Å². The number of aromatic hydroxyl groups is 1. The van der Waals surface area contributed by atoms with E-state index in [9.17, 15) is 5.11 Å². The molecule has 0 unspecified atom stereocenters. The Bertz CT molecular complexity index is 1270. The third-order valence-corrected chi connectivity index (χ3v) is 8.69. The molecule has 0 heterocycles. The van der Waals surface area contributed by atoms with Crippen LogP contribution in [0.4, 0.5) is 0 Å². The van der Waals surface area contributed by atoms with E-state index < -0.39 is 7.92 Å². The van der Waals surface area contributed by atoms with Crippen LogP contribution in [-0.2, 0) is 27.1 Å². The molecule has 1 nitrogen and oxygen atoms in total. The van der Waals surface area contributed by atoms with Crippen molar-refractivity contribution in [2.45, 2.75) is 26.2 Å². The minimum Gasteiger partial charge on any atom is -0.504 e. The summed E-state index contributed by atoms with van der Waals surface area (Å²) in [6, 6.07) is 47.0. The molecule has 0 spiro atoms. The van der Waals surface area contributed by atoms with Gasteiger partial charge in [-0.05, 0) is 35.7 Å². The van der Waals surface area contributed by atoms with Gasteiger partial charge in [-0.2, -0.15) is 49.2 Å². The summed E-state index contributed by atoms with van der Waals surface area (Å²) in [6.45, 7) is 13.9. The SMILES string of the molecule is CC(C)(C)c1cccc([PH+](c2ccccc2)c2ccccc2)c1O.[CH2-]c1ccccc1.[CH2-]c1ccccc1.[Ti+2]. The van der Waals surface area contributed by atoms with E-state index in [2.05, 4.69) is 95.3 Å². The standard InChI is InChI=1S/C22H23OP.2C7H7.Ti/c1-22(2,3)19-15-10-16-20(21(19)23)24(17-11-6-4-7-12-17)18-13-8-5-9-14-18;2*1-7-5-3-2-4-6-7;/h4-16,23H,1-3H3;2*2-6H,1H2;/q;2*-1;+2/p+1. The van der Waals surface area contributed by atoms with Gasteiger partial charge in [-0.15, -0.1) is 24.3 Å². The molecule has 0 bridgehead atoms. The maximum Gasteiger partial charge on any atom is 2.00 e. The Morgan fingerprint density at radius 1 is 0.513 bits per heavy atom. The minimum absolute atomic E-state index is 0. The van der Waals surface area contributed by atoms with E-state index >= 15 is 0 Å². The molecule has 0 saturated carbocycles. The Labute approximate surface area is 251 Å². The van der Waals surface area contributed by atoms with Gasteiger partial charge in [-0.3, -0.25) is 0 Å². The molecule has 0 aliphatic carbocycles. The van der Waals surface area contributed by atoms with Gasteiger partial charge in [0.15, 0.2) is 5.75 Å². The molecule has 0 amide bonds. The number of hydrogen-bond acceptors (Lipinski definition) is 1. The van der Waals surface area contributed by atoms with Crippen LogP contribution in [0.2, 0.25) is 0 Å². The van der Waals surface area contributed by atoms with Gasteiger partial charge in [0.1, 0.15) is 23.8 Å². The predicted molar refractivity (Wildman–Crippen MR) is 169 cm³/mol. The van der Waals surface area contributed by atoms with E-state index in [0.29, 0.717) is 5.75 Å². The van der Waals surface area contributed by atoms with E-state index in [1.54, 1.807) is 0 Å². The molecule has 5 aromatic carbocycles. The molecule has 39 heavy (non-hydrogen) atoms. The fourth-order valence-corrected chi connectivity index (χ4v) is 6.64. The van der Waals surface area contributed by atoms with E-state index in [0.717, 1.165) is 22.0 Å². The number of phenols is 1. The van der Waals surface area contributed by atoms with Crippen molar-refractivity contribution < 1.29 is 26.8 Å². The summed E-state index contributed by atoms with van der Waals surface area (Å²) in [6.07, 6.45) is 0. The molecular formula is C36H38OPTi+. The van der Waals surface area contributed by atoms with Crippen LogP contribution in [0.1, 0.15) is 37.5 Å². The Morgan fingerprint density at radius 3 is 1.18 bits per heavy atom. The zero-order valence-corrected chi connectivity index (χ0v) is 25.7. The third-order valence-electron chi connectivity index (χ3n) is 5.92. The smallest absolute Gasteiger partial charge is 0.504 e. The molecule has 196 valence electrons. The van der Waals surface area contributed by atoms with Crippen LogP contribution in [0.25, 0.3) is 0 Å². The quantitative estimate of drug-likeness (QED) is 0.134. The predicted octanol–water partition coefficient (Wildman–Crippen LogP) is 7.92. The van der Waals surface area contributed by atoms with Crippen molar-refractivity contribution in [3.05, 3.63) is 170 Å². The van der Waals surface area contributed by atoms with Crippen LogP contribution in [0.3, 0.4) is 0 Å². The molecule has 0 aliphatic rings. The van der Waals surface area contributed by atoms with Crippen molar-refractivity contribution in [1.29, 1.82) is 0 Å². The summed E-state index contributed by atoms with van der Waals surface area (Å²) < 4.78 is 0. The van der Waals surface area contributed by atoms with Crippen LogP contribution in [-0.4, -0.2) is 5.11 Å². The zero-order valence-electron chi connectivity index (χ0n) is 23.1. The largest absolute Gasteiger partial charge is 2.00 e. The van der Waals surface area contributed by atoms with Gasteiger partial charge in [0.05, 0.1) is 0 Å². The van der Waals surface area contributed by atoms with E-state index in [1.165, 1.54) is 10.6 Å². The molecule has 0 saturated heterocycles. The van der Waals surface area contributed by atoms with Gasteiger partial charge >= 0.3 is 21.7 Å². The van der Waals surface area contributed by atoms with Crippen LogP contribution >= 0.6 is 7.92 Å². The zero-order chi connectivity index (χ0) is 27.4. The number of hydrogen-bond donors (Lipinski definition) is 1. The first-order chi connectivity index (χ1) is 18.3. The van der Waals surface area contributed by atoms with Crippen LogP contribution in [0, 0.1) is 13.8 Å². The molecule has 0 aromatic heterocycles. The molecular weight excluding hydrogens is 527 g/mol. The van der Waals surface area contributed by atoms with Gasteiger partial charge < -0.3 is 5.11 Å². The minimum atomic E-state index is -1.24. The molecule has 0 radical (unpaired) electrons. The average Bonchev–Trinajstić information content (AvgIpc) is 2.92. The second-order valence-corrected chi connectivity index (χ2v) is 12.5. The Balaban J connectivity index is 0.000000289. The molecule has 0 atom stereocenters. The first kappa shape index (κ1) is 32.0. The number of para-hydroxylation sites is 1. The normalized spacial score (nSPS) is 10.3. The van der Waals surface area contributed by atoms with Crippen molar-refractivity contribution in [1.82, 2.24) is 0 Å². The maximum absolute atomic E-state index is 11.0. The summed E-state index contributed by atoms with van der Waals surface area (Å²) in [5, 5.41) is 14.7. The molecule has 0 aliphatic heterocycles. The molecule has 3 heteroatoms. The van der Waals surface area contributed by atoms with Gasteiger partial charge in [0.25, 0.3) is 0 Å². The van der Waals surface area contributed by atoms with Crippen molar-refractivity contribution >= 4 is 23.8 Å². The average molecular weight is 566 g/mol. The second-order valence-electron chi connectivity index (χ2n) is 10.0. The first-order valence-electron chi connectivity index (χ1n) is 12.8. The fraction of sp³-hybridized carbons (Fsp3) is 0.111. The molecule has 0 fully saturated rings. The van der Waals surface area contributed by atoms with E-state index in [1.807, 2.05) is 78.9 Å². The van der Waals surface area contributed by atoms with E-state index in [-0.39, 0.29) is 27.1 Å². The van der Waals surface area contributed by atoms with Crippen molar-refractivity contribution in [2.75, 3.05) is 0 Å². The summed E-state index contributed by atoms with van der Waals surface area (Å²) in [7, 11) is -1.24. The Hall–Kier alpha value is -3.22. The second kappa shape index (κ2) is 16.0. The number of rotatable bonds is 3. The van der Waals surface area contributed by atoms with Crippen molar-refractivity contribution in [3.8, 4) is 5.75 Å².